The zero-order chi connectivity index (χ0) is 12.8. The highest BCUT2D eigenvalue weighted by atomic mass is 32.1. The lowest BCUT2D eigenvalue weighted by Crippen LogP contribution is -2.36. The monoisotopic (exact) mass is 250 g/mol. The van der Waals surface area contributed by atoms with Crippen LogP contribution in [-0.4, -0.2) is 17.4 Å². The number of carbonyl (C=O) groups excluding carboxylic acids is 1. The Labute approximate surface area is 108 Å². The minimum Gasteiger partial charge on any atom is -0.393 e. The van der Waals surface area contributed by atoms with Crippen LogP contribution in [0.15, 0.2) is 30.3 Å². The number of carbonyl (C=O) groups is 1. The Morgan fingerprint density at radius 2 is 1.94 bits per heavy atom. The molecule has 4 heteroatoms. The number of anilines is 1. The predicted octanol–water partition coefficient (Wildman–Crippen LogP) is 2.35. The molecule has 3 nitrogen and oxygen atoms in total. The molecule has 17 heavy (non-hydrogen) atoms. The molecule has 0 aliphatic heterocycles. The predicted molar refractivity (Wildman–Crippen MR) is 75.0 cm³/mol. The van der Waals surface area contributed by atoms with E-state index in [1.54, 1.807) is 4.90 Å². The second-order valence-electron chi connectivity index (χ2n) is 4.20. The summed E-state index contributed by atoms with van der Waals surface area (Å²) in [5, 5.41) is 0. The molecule has 0 saturated carbocycles. The van der Waals surface area contributed by atoms with Crippen molar-refractivity contribution in [2.45, 2.75) is 20.3 Å². The summed E-state index contributed by atoms with van der Waals surface area (Å²) in [4.78, 5) is 14.3. The van der Waals surface area contributed by atoms with Gasteiger partial charge in [-0.1, -0.05) is 44.3 Å². The van der Waals surface area contributed by atoms with Gasteiger partial charge in [-0.2, -0.15) is 0 Å². The quantitative estimate of drug-likeness (QED) is 0.816. The van der Waals surface area contributed by atoms with Crippen LogP contribution < -0.4 is 10.6 Å². The van der Waals surface area contributed by atoms with Gasteiger partial charge in [0.15, 0.2) is 0 Å². The minimum atomic E-state index is -0.0402. The number of nitrogens with two attached hydrogens (primary N) is 1. The van der Waals surface area contributed by atoms with Crippen molar-refractivity contribution in [3.05, 3.63) is 30.3 Å². The number of nitrogens with zero attached hydrogens (tertiary/aromatic N) is 1. The van der Waals surface area contributed by atoms with E-state index in [1.807, 2.05) is 44.2 Å². The van der Waals surface area contributed by atoms with Crippen molar-refractivity contribution in [1.29, 1.82) is 0 Å². The first-order chi connectivity index (χ1) is 8.02. The molecule has 0 saturated heterocycles. The third-order valence-corrected chi connectivity index (χ3v) is 2.61. The molecule has 1 aromatic carbocycles. The van der Waals surface area contributed by atoms with Crippen molar-refractivity contribution in [2.24, 2.45) is 11.7 Å². The minimum absolute atomic E-state index is 0.0402. The van der Waals surface area contributed by atoms with E-state index in [4.69, 9.17) is 18.0 Å². The molecule has 0 heterocycles. The fourth-order valence-electron chi connectivity index (χ4n) is 1.51. The zero-order valence-electron chi connectivity index (χ0n) is 10.2. The van der Waals surface area contributed by atoms with Gasteiger partial charge in [-0.25, -0.2) is 0 Å². The molecule has 0 aliphatic carbocycles. The second-order valence-corrected chi connectivity index (χ2v) is 4.72. The number of hydrogen-bond donors (Lipinski definition) is 1. The molecule has 1 amide bonds. The molecular weight excluding hydrogens is 232 g/mol. The molecule has 1 aromatic rings. The summed E-state index contributed by atoms with van der Waals surface area (Å²) in [6.45, 7) is 4.31. The third kappa shape index (κ3) is 4.15. The summed E-state index contributed by atoms with van der Waals surface area (Å²) in [5.41, 5.74) is 6.38. The van der Waals surface area contributed by atoms with Crippen LogP contribution in [0, 0.1) is 5.92 Å². The Morgan fingerprint density at radius 1 is 1.35 bits per heavy atom. The van der Waals surface area contributed by atoms with Crippen LogP contribution >= 0.6 is 12.2 Å². The Bertz CT molecular complexity index is 390. The van der Waals surface area contributed by atoms with Gasteiger partial charge >= 0.3 is 0 Å². The van der Waals surface area contributed by atoms with Crippen LogP contribution in [0.1, 0.15) is 20.3 Å². The Morgan fingerprint density at radius 3 is 2.41 bits per heavy atom. The van der Waals surface area contributed by atoms with Crippen LogP contribution in [0.3, 0.4) is 0 Å². The van der Waals surface area contributed by atoms with Gasteiger partial charge in [0.25, 0.3) is 0 Å². The number of para-hydroxylation sites is 1. The maximum absolute atomic E-state index is 12.1. The van der Waals surface area contributed by atoms with E-state index in [9.17, 15) is 4.79 Å². The van der Waals surface area contributed by atoms with E-state index in [-0.39, 0.29) is 11.8 Å². The van der Waals surface area contributed by atoms with Crippen molar-refractivity contribution < 1.29 is 4.79 Å². The van der Waals surface area contributed by atoms with E-state index in [1.165, 1.54) is 0 Å². The van der Waals surface area contributed by atoms with Crippen LogP contribution in [0.4, 0.5) is 5.69 Å². The summed E-state index contributed by atoms with van der Waals surface area (Å²) in [6.07, 6.45) is 0.544. The maximum atomic E-state index is 12.1. The van der Waals surface area contributed by atoms with Gasteiger partial charge in [0.1, 0.15) is 0 Å². The average Bonchev–Trinajstić information content (AvgIpc) is 2.30. The molecule has 92 valence electrons. The normalized spacial score (nSPS) is 10.3. The standard InChI is InChI=1S/C13H18N2OS/c1-10(2)13(16)15(9-8-12(14)17)11-6-4-3-5-7-11/h3-7,10H,8-9H2,1-2H3,(H2,14,17). The van der Waals surface area contributed by atoms with Crippen molar-refractivity contribution >= 4 is 28.8 Å². The molecule has 2 N–H and O–H groups in total. The molecule has 1 rings (SSSR count). The number of rotatable bonds is 5. The number of amides is 1. The molecule has 0 aliphatic rings. The Kier molecular flexibility index (Phi) is 5.10. The molecule has 0 spiro atoms. The van der Waals surface area contributed by atoms with Crippen molar-refractivity contribution in [3.8, 4) is 0 Å². The van der Waals surface area contributed by atoms with Crippen LogP contribution in [0.5, 0.6) is 0 Å². The van der Waals surface area contributed by atoms with E-state index < -0.39 is 0 Å². The third-order valence-electron chi connectivity index (χ3n) is 2.41. The maximum Gasteiger partial charge on any atom is 0.229 e. The van der Waals surface area contributed by atoms with Gasteiger partial charge < -0.3 is 10.6 Å². The molecule has 0 radical (unpaired) electrons. The molecule has 0 aromatic heterocycles. The summed E-state index contributed by atoms with van der Waals surface area (Å²) in [6, 6.07) is 9.59. The van der Waals surface area contributed by atoms with Gasteiger partial charge in [0.2, 0.25) is 5.91 Å². The van der Waals surface area contributed by atoms with Crippen molar-refractivity contribution in [2.75, 3.05) is 11.4 Å². The summed E-state index contributed by atoms with van der Waals surface area (Å²) >= 11 is 4.86. The van der Waals surface area contributed by atoms with Gasteiger partial charge in [0.05, 0.1) is 4.99 Å². The highest BCUT2D eigenvalue weighted by molar-refractivity contribution is 7.80. The Balaban J connectivity index is 2.86. The fourth-order valence-corrected chi connectivity index (χ4v) is 1.60. The van der Waals surface area contributed by atoms with Crippen LogP contribution in [0.2, 0.25) is 0 Å². The van der Waals surface area contributed by atoms with Gasteiger partial charge in [0, 0.05) is 24.6 Å². The van der Waals surface area contributed by atoms with Gasteiger partial charge in [-0.15, -0.1) is 0 Å². The van der Waals surface area contributed by atoms with E-state index in [0.717, 1.165) is 5.69 Å². The lowest BCUT2D eigenvalue weighted by Gasteiger charge is -2.24. The largest absolute Gasteiger partial charge is 0.393 e. The molecule has 0 unspecified atom stereocenters. The second kappa shape index (κ2) is 6.35. The van der Waals surface area contributed by atoms with Crippen LogP contribution in [0.25, 0.3) is 0 Å². The van der Waals surface area contributed by atoms with Gasteiger partial charge in [-0.05, 0) is 12.1 Å². The van der Waals surface area contributed by atoms with Crippen molar-refractivity contribution in [1.82, 2.24) is 0 Å². The Hall–Kier alpha value is -1.42. The smallest absolute Gasteiger partial charge is 0.229 e. The zero-order valence-corrected chi connectivity index (χ0v) is 11.0. The molecule has 0 atom stereocenters. The van der Waals surface area contributed by atoms with E-state index >= 15 is 0 Å². The summed E-state index contributed by atoms with van der Waals surface area (Å²) < 4.78 is 0. The number of hydrogen-bond acceptors (Lipinski definition) is 2. The molecule has 0 fully saturated rings. The fraction of sp³-hybridized carbons (Fsp3) is 0.385. The summed E-state index contributed by atoms with van der Waals surface area (Å²) in [5.74, 6) is 0.0500. The SMILES string of the molecule is CC(C)C(=O)N(CCC(N)=S)c1ccccc1. The topological polar surface area (TPSA) is 46.3 Å². The van der Waals surface area contributed by atoms with Gasteiger partial charge in [-0.3, -0.25) is 4.79 Å². The number of benzene rings is 1. The van der Waals surface area contributed by atoms with E-state index in [0.29, 0.717) is 18.0 Å². The molecule has 0 bridgehead atoms. The highest BCUT2D eigenvalue weighted by Gasteiger charge is 2.18. The number of thiocarbonyl (C=S) groups is 1. The lowest BCUT2D eigenvalue weighted by atomic mass is 10.1. The summed E-state index contributed by atoms with van der Waals surface area (Å²) in [7, 11) is 0. The highest BCUT2D eigenvalue weighted by Crippen LogP contribution is 2.16. The first-order valence-corrected chi connectivity index (χ1v) is 6.08. The average molecular weight is 250 g/mol. The van der Waals surface area contributed by atoms with Crippen LogP contribution in [-0.2, 0) is 4.79 Å². The first-order valence-electron chi connectivity index (χ1n) is 5.67. The first kappa shape index (κ1) is 13.6. The van der Waals surface area contributed by atoms with Crippen molar-refractivity contribution in [3.63, 3.8) is 0 Å². The lowest BCUT2D eigenvalue weighted by molar-refractivity contribution is -0.121. The van der Waals surface area contributed by atoms with E-state index in [2.05, 4.69) is 0 Å². The molecular formula is C13H18N2OS.